The minimum Gasteiger partial charge on any atom is -0.356 e. The molecule has 25 heavy (non-hydrogen) atoms. The van der Waals surface area contributed by atoms with Gasteiger partial charge < -0.3 is 10.2 Å². The second-order valence-electron chi connectivity index (χ2n) is 7.52. The lowest BCUT2D eigenvalue weighted by Crippen LogP contribution is -2.41. The average Bonchev–Trinajstić information content (AvgIpc) is 2.94. The van der Waals surface area contributed by atoms with E-state index in [-0.39, 0.29) is 5.91 Å². The maximum atomic E-state index is 11.2. The second-order valence-corrected chi connectivity index (χ2v) is 8.38. The van der Waals surface area contributed by atoms with Gasteiger partial charge in [-0.1, -0.05) is 13.8 Å². The monoisotopic (exact) mass is 360 g/mol. The smallest absolute Gasteiger partial charge is 0.216 e. The molecular weight excluding hydrogens is 332 g/mol. The Labute approximate surface area is 153 Å². The van der Waals surface area contributed by atoms with Crippen molar-refractivity contribution in [3.05, 3.63) is 16.8 Å². The molecule has 0 aliphatic carbocycles. The maximum Gasteiger partial charge on any atom is 0.216 e. The van der Waals surface area contributed by atoms with Crippen molar-refractivity contribution >= 4 is 33.3 Å². The molecule has 0 bridgehead atoms. The van der Waals surface area contributed by atoms with Crippen LogP contribution in [-0.2, 0) is 11.2 Å². The van der Waals surface area contributed by atoms with Crippen molar-refractivity contribution in [2.45, 2.75) is 47.0 Å². The lowest BCUT2D eigenvalue weighted by atomic mass is 9.97. The molecule has 0 spiro atoms. The molecule has 1 unspecified atom stereocenters. The molecule has 1 amide bonds. The zero-order valence-corrected chi connectivity index (χ0v) is 16.4. The van der Waals surface area contributed by atoms with Crippen LogP contribution in [0.3, 0.4) is 0 Å². The van der Waals surface area contributed by atoms with Gasteiger partial charge in [-0.05, 0) is 49.0 Å². The van der Waals surface area contributed by atoms with Crippen molar-refractivity contribution in [1.82, 2.24) is 15.3 Å². The molecule has 0 radical (unpaired) electrons. The second kappa shape index (κ2) is 7.68. The van der Waals surface area contributed by atoms with Crippen molar-refractivity contribution in [3.8, 4) is 0 Å². The number of fused-ring (bicyclic) bond motifs is 1. The molecule has 2 aromatic heterocycles. The lowest BCUT2D eigenvalue weighted by molar-refractivity contribution is -0.119. The first kappa shape index (κ1) is 18.1. The van der Waals surface area contributed by atoms with E-state index in [9.17, 15) is 4.79 Å². The molecule has 6 heteroatoms. The van der Waals surface area contributed by atoms with Gasteiger partial charge in [0.2, 0.25) is 5.91 Å². The van der Waals surface area contributed by atoms with Gasteiger partial charge in [0.1, 0.15) is 16.5 Å². The van der Waals surface area contributed by atoms with E-state index in [1.165, 1.54) is 10.9 Å². The van der Waals surface area contributed by atoms with Crippen LogP contribution in [0.5, 0.6) is 0 Å². The number of hydrogen-bond donors (Lipinski definition) is 1. The number of nitrogens with one attached hydrogen (secondary N) is 1. The number of aromatic nitrogens is 2. The number of rotatable bonds is 5. The van der Waals surface area contributed by atoms with Crippen molar-refractivity contribution in [3.63, 3.8) is 0 Å². The zero-order valence-electron chi connectivity index (χ0n) is 15.6. The van der Waals surface area contributed by atoms with Gasteiger partial charge in [-0.3, -0.25) is 4.79 Å². The Balaban J connectivity index is 1.90. The Kier molecular flexibility index (Phi) is 5.57. The third kappa shape index (κ3) is 4.29. The summed E-state index contributed by atoms with van der Waals surface area (Å²) in [4.78, 5) is 24.2. The molecule has 0 saturated carbocycles. The molecule has 1 atom stereocenters. The van der Waals surface area contributed by atoms with Crippen molar-refractivity contribution in [1.29, 1.82) is 0 Å². The van der Waals surface area contributed by atoms with Gasteiger partial charge in [0.25, 0.3) is 0 Å². The van der Waals surface area contributed by atoms with Gasteiger partial charge >= 0.3 is 0 Å². The van der Waals surface area contributed by atoms with Gasteiger partial charge in [0.05, 0.1) is 5.39 Å². The number of thiophene rings is 1. The number of piperidine rings is 1. The molecule has 1 N–H and O–H groups in total. The fourth-order valence-corrected chi connectivity index (χ4v) is 4.61. The van der Waals surface area contributed by atoms with Crippen LogP contribution in [0.1, 0.15) is 45.0 Å². The summed E-state index contributed by atoms with van der Waals surface area (Å²) in [6.07, 6.45) is 3.35. The topological polar surface area (TPSA) is 58.1 Å². The molecule has 1 saturated heterocycles. The van der Waals surface area contributed by atoms with Gasteiger partial charge in [0.15, 0.2) is 0 Å². The lowest BCUT2D eigenvalue weighted by Gasteiger charge is -2.34. The Morgan fingerprint density at radius 2 is 2.24 bits per heavy atom. The Bertz CT molecular complexity index is 755. The van der Waals surface area contributed by atoms with Crippen LogP contribution in [0.2, 0.25) is 0 Å². The van der Waals surface area contributed by atoms with Gasteiger partial charge in [-0.25, -0.2) is 9.97 Å². The summed E-state index contributed by atoms with van der Waals surface area (Å²) >= 11 is 1.73. The first-order valence-electron chi connectivity index (χ1n) is 9.18. The molecule has 5 nitrogen and oxygen atoms in total. The third-order valence-electron chi connectivity index (χ3n) is 4.69. The molecular formula is C19H28N4OS. The normalized spacial score (nSPS) is 18.1. The van der Waals surface area contributed by atoms with E-state index in [0.717, 1.165) is 55.4 Å². The Hall–Kier alpha value is -1.69. The van der Waals surface area contributed by atoms with Crippen LogP contribution in [0.4, 0.5) is 5.82 Å². The largest absolute Gasteiger partial charge is 0.356 e. The van der Waals surface area contributed by atoms with Crippen LogP contribution in [-0.4, -0.2) is 35.5 Å². The third-order valence-corrected chi connectivity index (χ3v) is 5.61. The van der Waals surface area contributed by atoms with Gasteiger partial charge in [0, 0.05) is 26.6 Å². The summed E-state index contributed by atoms with van der Waals surface area (Å²) in [5, 5.41) is 6.46. The minimum atomic E-state index is 0.0504. The number of carbonyl (C=O) groups is 1. The standard InChI is InChI=1S/C19H28N4OS/c1-12(2)8-16-11-25-19-17(16)18(21-13(3)22-19)23-7-5-6-15(10-23)9-20-14(4)24/h11-12,15H,5-10H2,1-4H3,(H,20,24). The van der Waals surface area contributed by atoms with Crippen molar-refractivity contribution in [2.24, 2.45) is 11.8 Å². The molecule has 2 aromatic rings. The number of nitrogens with zero attached hydrogens (tertiary/aromatic N) is 3. The van der Waals surface area contributed by atoms with Crippen molar-refractivity contribution in [2.75, 3.05) is 24.5 Å². The van der Waals surface area contributed by atoms with Gasteiger partial charge in [-0.15, -0.1) is 11.3 Å². The Morgan fingerprint density at radius 3 is 2.96 bits per heavy atom. The summed E-state index contributed by atoms with van der Waals surface area (Å²) < 4.78 is 0. The molecule has 1 aliphatic heterocycles. The molecule has 3 heterocycles. The quantitative estimate of drug-likeness (QED) is 0.886. The fraction of sp³-hybridized carbons (Fsp3) is 0.632. The molecule has 1 aliphatic rings. The molecule has 3 rings (SSSR count). The highest BCUT2D eigenvalue weighted by molar-refractivity contribution is 7.17. The highest BCUT2D eigenvalue weighted by atomic mass is 32.1. The van der Waals surface area contributed by atoms with Crippen LogP contribution < -0.4 is 10.2 Å². The number of hydrogen-bond acceptors (Lipinski definition) is 5. The summed E-state index contributed by atoms with van der Waals surface area (Å²) in [6.45, 7) is 10.8. The molecule has 0 aromatic carbocycles. The SMILES string of the molecule is CC(=O)NCC1CCCN(c2nc(C)nc3scc(CC(C)C)c23)C1. The van der Waals surface area contributed by atoms with E-state index in [2.05, 4.69) is 34.4 Å². The average molecular weight is 361 g/mol. The zero-order chi connectivity index (χ0) is 18.0. The summed E-state index contributed by atoms with van der Waals surface area (Å²) in [5.74, 6) is 3.07. The van der Waals surface area contributed by atoms with E-state index in [0.29, 0.717) is 11.8 Å². The molecule has 136 valence electrons. The summed E-state index contributed by atoms with van der Waals surface area (Å²) in [7, 11) is 0. The van der Waals surface area contributed by atoms with Crippen LogP contribution in [0.15, 0.2) is 5.38 Å². The molecule has 1 fully saturated rings. The first-order valence-corrected chi connectivity index (χ1v) is 10.1. The number of anilines is 1. The number of amides is 1. The van der Waals surface area contributed by atoms with Crippen molar-refractivity contribution < 1.29 is 4.79 Å². The van der Waals surface area contributed by atoms with Crippen LogP contribution in [0, 0.1) is 18.8 Å². The maximum absolute atomic E-state index is 11.2. The highest BCUT2D eigenvalue weighted by Gasteiger charge is 2.24. The van der Waals surface area contributed by atoms with Gasteiger partial charge in [-0.2, -0.15) is 0 Å². The first-order chi connectivity index (χ1) is 11.9. The highest BCUT2D eigenvalue weighted by Crippen LogP contribution is 2.35. The predicted molar refractivity (Wildman–Crippen MR) is 104 cm³/mol. The Morgan fingerprint density at radius 1 is 1.44 bits per heavy atom. The van der Waals surface area contributed by atoms with E-state index < -0.39 is 0 Å². The van der Waals surface area contributed by atoms with E-state index in [1.54, 1.807) is 18.3 Å². The van der Waals surface area contributed by atoms with E-state index in [1.807, 2.05) is 6.92 Å². The summed E-state index contributed by atoms with van der Waals surface area (Å²) in [5.41, 5.74) is 1.37. The number of aryl methyl sites for hydroxylation is 1. The van der Waals surface area contributed by atoms with Crippen LogP contribution >= 0.6 is 11.3 Å². The number of carbonyl (C=O) groups excluding carboxylic acids is 1. The predicted octanol–water partition coefficient (Wildman–Crippen LogP) is 3.55. The van der Waals surface area contributed by atoms with E-state index >= 15 is 0 Å². The van der Waals surface area contributed by atoms with Crippen LogP contribution in [0.25, 0.3) is 10.2 Å². The summed E-state index contributed by atoms with van der Waals surface area (Å²) in [6, 6.07) is 0. The van der Waals surface area contributed by atoms with E-state index in [4.69, 9.17) is 4.98 Å². The minimum absolute atomic E-state index is 0.0504. The fourth-order valence-electron chi connectivity index (χ4n) is 3.62.